The van der Waals surface area contributed by atoms with E-state index in [2.05, 4.69) is 13.2 Å². The highest BCUT2D eigenvalue weighted by Crippen LogP contribution is 2.33. The lowest BCUT2D eigenvalue weighted by molar-refractivity contribution is -0.145. The standard InChI is InChI=1S/C12H18O2/c1-8(2)11-6-5-9(3)12(7-11)14-10(4)13/h11-12H,1,3,5-7H2,2,4H3/t11-,12+/m0/s1. The van der Waals surface area contributed by atoms with Crippen molar-refractivity contribution in [2.24, 2.45) is 5.92 Å². The van der Waals surface area contributed by atoms with E-state index in [-0.39, 0.29) is 12.1 Å². The Balaban J connectivity index is 2.59. The number of hydrogen-bond acceptors (Lipinski definition) is 2. The van der Waals surface area contributed by atoms with Crippen LogP contribution in [0, 0.1) is 5.92 Å². The zero-order valence-corrected chi connectivity index (χ0v) is 9.01. The molecule has 0 heterocycles. The monoisotopic (exact) mass is 194 g/mol. The van der Waals surface area contributed by atoms with Gasteiger partial charge in [-0.05, 0) is 37.7 Å². The van der Waals surface area contributed by atoms with Gasteiger partial charge >= 0.3 is 5.97 Å². The molecule has 0 unspecified atom stereocenters. The van der Waals surface area contributed by atoms with Gasteiger partial charge < -0.3 is 4.74 Å². The van der Waals surface area contributed by atoms with Crippen LogP contribution in [-0.2, 0) is 9.53 Å². The van der Waals surface area contributed by atoms with Crippen LogP contribution in [0.2, 0.25) is 0 Å². The van der Waals surface area contributed by atoms with E-state index in [9.17, 15) is 4.79 Å². The molecule has 2 heteroatoms. The minimum atomic E-state index is -0.224. The van der Waals surface area contributed by atoms with Crippen molar-refractivity contribution < 1.29 is 9.53 Å². The molecule has 0 aromatic carbocycles. The number of ether oxygens (including phenoxy) is 1. The van der Waals surface area contributed by atoms with E-state index in [1.54, 1.807) is 0 Å². The molecule has 1 aliphatic carbocycles. The summed E-state index contributed by atoms with van der Waals surface area (Å²) < 4.78 is 5.20. The van der Waals surface area contributed by atoms with Gasteiger partial charge in [-0.3, -0.25) is 4.79 Å². The van der Waals surface area contributed by atoms with Crippen LogP contribution in [0.5, 0.6) is 0 Å². The molecule has 1 aliphatic rings. The molecule has 1 rings (SSSR count). The van der Waals surface area contributed by atoms with Crippen LogP contribution in [0.3, 0.4) is 0 Å². The predicted octanol–water partition coefficient (Wildman–Crippen LogP) is 2.85. The smallest absolute Gasteiger partial charge is 0.303 e. The molecule has 2 atom stereocenters. The second-order valence-electron chi connectivity index (χ2n) is 4.07. The van der Waals surface area contributed by atoms with E-state index < -0.39 is 0 Å². The fourth-order valence-electron chi connectivity index (χ4n) is 1.84. The van der Waals surface area contributed by atoms with E-state index in [1.807, 2.05) is 6.92 Å². The molecular formula is C12H18O2. The molecule has 0 saturated heterocycles. The summed E-state index contributed by atoms with van der Waals surface area (Å²) in [5.74, 6) is 0.253. The second-order valence-corrected chi connectivity index (χ2v) is 4.07. The van der Waals surface area contributed by atoms with Gasteiger partial charge in [-0.15, -0.1) is 0 Å². The first-order valence-corrected chi connectivity index (χ1v) is 5.01. The Labute approximate surface area is 85.6 Å². The third-order valence-electron chi connectivity index (χ3n) is 2.77. The highest BCUT2D eigenvalue weighted by atomic mass is 16.5. The summed E-state index contributed by atoms with van der Waals surface area (Å²) in [7, 11) is 0. The third kappa shape index (κ3) is 2.72. The number of esters is 1. The van der Waals surface area contributed by atoms with Gasteiger partial charge in [-0.1, -0.05) is 18.7 Å². The number of carbonyl (C=O) groups excluding carboxylic acids is 1. The van der Waals surface area contributed by atoms with Crippen molar-refractivity contribution in [2.45, 2.75) is 39.2 Å². The molecule has 0 aromatic rings. The van der Waals surface area contributed by atoms with Gasteiger partial charge in [0.05, 0.1) is 0 Å². The fourth-order valence-corrected chi connectivity index (χ4v) is 1.84. The quantitative estimate of drug-likeness (QED) is 0.499. The van der Waals surface area contributed by atoms with Gasteiger partial charge in [0, 0.05) is 6.92 Å². The predicted molar refractivity (Wildman–Crippen MR) is 56.8 cm³/mol. The summed E-state index contributed by atoms with van der Waals surface area (Å²) in [5.41, 5.74) is 2.22. The molecular weight excluding hydrogens is 176 g/mol. The largest absolute Gasteiger partial charge is 0.458 e. The van der Waals surface area contributed by atoms with E-state index in [0.717, 1.165) is 24.8 Å². The average molecular weight is 194 g/mol. The maximum Gasteiger partial charge on any atom is 0.303 e. The van der Waals surface area contributed by atoms with Crippen LogP contribution in [0.4, 0.5) is 0 Å². The van der Waals surface area contributed by atoms with Crippen molar-refractivity contribution in [3.05, 3.63) is 24.3 Å². The van der Waals surface area contributed by atoms with E-state index in [1.165, 1.54) is 12.5 Å². The van der Waals surface area contributed by atoms with Gasteiger partial charge in [0.1, 0.15) is 6.10 Å². The minimum absolute atomic E-state index is 0.0945. The first-order valence-electron chi connectivity index (χ1n) is 5.01. The summed E-state index contributed by atoms with van der Waals surface area (Å²) in [6.07, 6.45) is 2.79. The third-order valence-corrected chi connectivity index (χ3v) is 2.77. The molecule has 14 heavy (non-hydrogen) atoms. The zero-order valence-electron chi connectivity index (χ0n) is 9.01. The highest BCUT2D eigenvalue weighted by molar-refractivity contribution is 5.66. The van der Waals surface area contributed by atoms with Crippen LogP contribution in [0.1, 0.15) is 33.1 Å². The fraction of sp³-hybridized carbons (Fsp3) is 0.583. The van der Waals surface area contributed by atoms with Gasteiger partial charge in [-0.2, -0.15) is 0 Å². The topological polar surface area (TPSA) is 26.3 Å². The Bertz CT molecular complexity index is 265. The van der Waals surface area contributed by atoms with Crippen LogP contribution in [0.15, 0.2) is 24.3 Å². The molecule has 0 bridgehead atoms. The van der Waals surface area contributed by atoms with E-state index in [0.29, 0.717) is 5.92 Å². The SMILES string of the molecule is C=C(C)[C@H]1CCC(=C)[C@H](OC(C)=O)C1. The summed E-state index contributed by atoms with van der Waals surface area (Å²) >= 11 is 0. The Hall–Kier alpha value is -1.05. The number of hydrogen-bond donors (Lipinski definition) is 0. The molecule has 0 aromatic heterocycles. The van der Waals surface area contributed by atoms with Gasteiger partial charge in [0.2, 0.25) is 0 Å². The number of carbonyl (C=O) groups is 1. The van der Waals surface area contributed by atoms with Crippen LogP contribution < -0.4 is 0 Å². The molecule has 0 amide bonds. The Morgan fingerprint density at radius 3 is 2.64 bits per heavy atom. The molecule has 2 nitrogen and oxygen atoms in total. The van der Waals surface area contributed by atoms with Crippen molar-refractivity contribution in [3.63, 3.8) is 0 Å². The van der Waals surface area contributed by atoms with Crippen LogP contribution in [0.25, 0.3) is 0 Å². The molecule has 1 fully saturated rings. The molecule has 0 aliphatic heterocycles. The van der Waals surface area contributed by atoms with Crippen LogP contribution >= 0.6 is 0 Å². The molecule has 0 spiro atoms. The molecule has 0 N–H and O–H groups in total. The lowest BCUT2D eigenvalue weighted by Crippen LogP contribution is -2.27. The first kappa shape index (κ1) is 11.0. The second kappa shape index (κ2) is 4.45. The maximum atomic E-state index is 10.8. The van der Waals surface area contributed by atoms with Crippen molar-refractivity contribution in [3.8, 4) is 0 Å². The van der Waals surface area contributed by atoms with Crippen LogP contribution in [-0.4, -0.2) is 12.1 Å². The van der Waals surface area contributed by atoms with E-state index >= 15 is 0 Å². The lowest BCUT2D eigenvalue weighted by Gasteiger charge is -2.30. The molecule has 78 valence electrons. The summed E-state index contributed by atoms with van der Waals surface area (Å²) in [5, 5.41) is 0. The first-order chi connectivity index (χ1) is 6.50. The molecule has 0 radical (unpaired) electrons. The zero-order chi connectivity index (χ0) is 10.7. The van der Waals surface area contributed by atoms with Crippen molar-refractivity contribution in [1.82, 2.24) is 0 Å². The minimum Gasteiger partial charge on any atom is -0.458 e. The summed E-state index contributed by atoms with van der Waals surface area (Å²) in [6.45, 7) is 11.4. The van der Waals surface area contributed by atoms with Crippen molar-refractivity contribution in [1.29, 1.82) is 0 Å². The van der Waals surface area contributed by atoms with Gasteiger partial charge in [-0.25, -0.2) is 0 Å². The average Bonchev–Trinajstić information content (AvgIpc) is 2.07. The molecule has 1 saturated carbocycles. The highest BCUT2D eigenvalue weighted by Gasteiger charge is 2.26. The Morgan fingerprint density at radius 1 is 1.50 bits per heavy atom. The Morgan fingerprint density at radius 2 is 2.14 bits per heavy atom. The summed E-state index contributed by atoms with van der Waals surface area (Å²) in [6, 6.07) is 0. The van der Waals surface area contributed by atoms with Crippen molar-refractivity contribution >= 4 is 5.97 Å². The normalized spacial score (nSPS) is 27.1. The van der Waals surface area contributed by atoms with E-state index in [4.69, 9.17) is 4.74 Å². The number of allylic oxidation sites excluding steroid dienone is 1. The van der Waals surface area contributed by atoms with Gasteiger partial charge in [0.25, 0.3) is 0 Å². The van der Waals surface area contributed by atoms with Crippen molar-refractivity contribution in [2.75, 3.05) is 0 Å². The lowest BCUT2D eigenvalue weighted by atomic mass is 9.81. The van der Waals surface area contributed by atoms with Gasteiger partial charge in [0.15, 0.2) is 0 Å². The maximum absolute atomic E-state index is 10.8. The summed E-state index contributed by atoms with van der Waals surface area (Å²) in [4.78, 5) is 10.8. The Kier molecular flexibility index (Phi) is 3.50. The number of rotatable bonds is 2.